The second-order valence-corrected chi connectivity index (χ2v) is 7.65. The summed E-state index contributed by atoms with van der Waals surface area (Å²) >= 11 is 0. The fraction of sp³-hybridized carbons (Fsp3) is 0.348. The molecule has 0 saturated heterocycles. The minimum atomic E-state index is -0.143. The largest absolute Gasteiger partial charge is 0.383 e. The van der Waals surface area contributed by atoms with Gasteiger partial charge in [-0.25, -0.2) is 9.67 Å². The Morgan fingerprint density at radius 2 is 1.83 bits per heavy atom. The summed E-state index contributed by atoms with van der Waals surface area (Å²) in [6.45, 7) is 8.58. The Hall–Kier alpha value is -2.99. The second-order valence-electron chi connectivity index (χ2n) is 7.65. The molecular weight excluding hydrogens is 364 g/mol. The number of aromatic nitrogens is 3. The van der Waals surface area contributed by atoms with Crippen molar-refractivity contribution < 1.29 is 9.53 Å². The third-order valence-corrected chi connectivity index (χ3v) is 4.69. The molecule has 0 radical (unpaired) electrons. The van der Waals surface area contributed by atoms with E-state index in [1.165, 1.54) is 5.56 Å². The van der Waals surface area contributed by atoms with E-state index < -0.39 is 0 Å². The molecule has 6 heteroatoms. The molecule has 0 aliphatic rings. The van der Waals surface area contributed by atoms with E-state index in [1.54, 1.807) is 18.1 Å². The van der Waals surface area contributed by atoms with Crippen LogP contribution in [0, 0.1) is 6.92 Å². The lowest BCUT2D eigenvalue weighted by molar-refractivity contribution is 0.0905. The predicted octanol–water partition coefficient (Wildman–Crippen LogP) is 4.13. The van der Waals surface area contributed by atoms with E-state index in [0.717, 1.165) is 22.6 Å². The molecule has 1 heterocycles. The second kappa shape index (κ2) is 9.01. The van der Waals surface area contributed by atoms with Gasteiger partial charge in [0, 0.05) is 24.6 Å². The number of benzene rings is 2. The molecule has 152 valence electrons. The number of rotatable bonds is 7. The lowest BCUT2D eigenvalue weighted by atomic mass is 10.0. The number of hydrogen-bond donors (Lipinski definition) is 1. The number of hydrogen-bond acceptors (Lipinski definition) is 4. The molecule has 0 aliphatic heterocycles. The van der Waals surface area contributed by atoms with Gasteiger partial charge in [0.05, 0.1) is 12.3 Å². The molecule has 0 aliphatic carbocycles. The van der Waals surface area contributed by atoms with Gasteiger partial charge in [-0.3, -0.25) is 4.79 Å². The van der Waals surface area contributed by atoms with E-state index in [1.807, 2.05) is 25.1 Å². The average molecular weight is 393 g/mol. The fourth-order valence-electron chi connectivity index (χ4n) is 3.22. The van der Waals surface area contributed by atoms with Crippen molar-refractivity contribution >= 4 is 5.91 Å². The van der Waals surface area contributed by atoms with E-state index in [0.29, 0.717) is 12.2 Å². The number of amides is 1. The predicted molar refractivity (Wildman–Crippen MR) is 114 cm³/mol. The number of aryl methyl sites for hydroxylation is 1. The number of carbonyl (C=O) groups is 1. The lowest BCUT2D eigenvalue weighted by Crippen LogP contribution is -2.35. The Morgan fingerprint density at radius 3 is 2.48 bits per heavy atom. The van der Waals surface area contributed by atoms with Crippen LogP contribution in [0.2, 0.25) is 0 Å². The summed E-state index contributed by atoms with van der Waals surface area (Å²) in [6.07, 6.45) is 1.55. The van der Waals surface area contributed by atoms with E-state index in [2.05, 4.69) is 60.4 Å². The highest BCUT2D eigenvalue weighted by Gasteiger charge is 2.16. The van der Waals surface area contributed by atoms with Crippen LogP contribution in [0.5, 0.6) is 0 Å². The zero-order chi connectivity index (χ0) is 21.0. The SMILES string of the molecule is COCC(C)NC(=O)c1cc(-c2ccc(C)cc2)cc(-n2ncnc2C(C)C)c1. The van der Waals surface area contributed by atoms with Crippen molar-refractivity contribution in [2.24, 2.45) is 0 Å². The van der Waals surface area contributed by atoms with Crippen LogP contribution in [-0.2, 0) is 4.74 Å². The Balaban J connectivity index is 2.08. The molecule has 0 saturated carbocycles. The highest BCUT2D eigenvalue weighted by atomic mass is 16.5. The molecule has 3 rings (SSSR count). The number of methoxy groups -OCH3 is 1. The molecule has 2 aromatic carbocycles. The zero-order valence-electron chi connectivity index (χ0n) is 17.6. The van der Waals surface area contributed by atoms with Gasteiger partial charge in [0.2, 0.25) is 0 Å². The molecule has 1 aromatic heterocycles. The molecule has 1 N–H and O–H groups in total. The van der Waals surface area contributed by atoms with Gasteiger partial charge in [0.15, 0.2) is 0 Å². The summed E-state index contributed by atoms with van der Waals surface area (Å²) in [4.78, 5) is 17.3. The summed E-state index contributed by atoms with van der Waals surface area (Å²) in [6, 6.07) is 14.0. The third kappa shape index (κ3) is 4.90. The molecule has 1 unspecified atom stereocenters. The zero-order valence-corrected chi connectivity index (χ0v) is 17.6. The van der Waals surface area contributed by atoms with Crippen LogP contribution in [0.25, 0.3) is 16.8 Å². The minimum Gasteiger partial charge on any atom is -0.383 e. The van der Waals surface area contributed by atoms with Crippen molar-refractivity contribution in [3.63, 3.8) is 0 Å². The van der Waals surface area contributed by atoms with Crippen molar-refractivity contribution in [1.82, 2.24) is 20.1 Å². The lowest BCUT2D eigenvalue weighted by Gasteiger charge is -2.16. The average Bonchev–Trinajstić information content (AvgIpc) is 3.18. The summed E-state index contributed by atoms with van der Waals surface area (Å²) in [7, 11) is 1.62. The van der Waals surface area contributed by atoms with Crippen LogP contribution in [0.4, 0.5) is 0 Å². The number of nitrogens with zero attached hydrogens (tertiary/aromatic N) is 3. The topological polar surface area (TPSA) is 69.0 Å². The standard InChI is InChI=1S/C23H28N4O2/c1-15(2)22-24-14-25-27(22)21-11-19(18-8-6-16(3)7-9-18)10-20(12-21)23(28)26-17(4)13-29-5/h6-12,14-15,17H,13H2,1-5H3,(H,26,28). The van der Waals surface area contributed by atoms with E-state index in [-0.39, 0.29) is 17.9 Å². The normalized spacial score (nSPS) is 12.2. The van der Waals surface area contributed by atoms with Gasteiger partial charge in [0.1, 0.15) is 12.2 Å². The van der Waals surface area contributed by atoms with Crippen LogP contribution >= 0.6 is 0 Å². The third-order valence-electron chi connectivity index (χ3n) is 4.69. The summed E-state index contributed by atoms with van der Waals surface area (Å²) < 4.78 is 6.94. The summed E-state index contributed by atoms with van der Waals surface area (Å²) in [5.74, 6) is 0.917. The van der Waals surface area contributed by atoms with E-state index >= 15 is 0 Å². The number of carbonyl (C=O) groups excluding carboxylic acids is 1. The maximum absolute atomic E-state index is 12.9. The summed E-state index contributed by atoms with van der Waals surface area (Å²) in [5, 5.41) is 7.39. The number of ether oxygens (including phenoxy) is 1. The maximum atomic E-state index is 12.9. The first-order valence-electron chi connectivity index (χ1n) is 9.81. The van der Waals surface area contributed by atoms with Gasteiger partial charge in [-0.05, 0) is 43.2 Å². The summed E-state index contributed by atoms with van der Waals surface area (Å²) in [5.41, 5.74) is 4.58. The molecule has 0 fully saturated rings. The van der Waals surface area contributed by atoms with Crippen molar-refractivity contribution in [2.45, 2.75) is 39.7 Å². The van der Waals surface area contributed by atoms with Crippen LogP contribution < -0.4 is 5.32 Å². The Kier molecular flexibility index (Phi) is 6.44. The van der Waals surface area contributed by atoms with Crippen LogP contribution in [0.1, 0.15) is 48.4 Å². The number of nitrogens with one attached hydrogen (secondary N) is 1. The van der Waals surface area contributed by atoms with Crippen LogP contribution in [-0.4, -0.2) is 40.4 Å². The van der Waals surface area contributed by atoms with Crippen LogP contribution in [0.3, 0.4) is 0 Å². The first-order chi connectivity index (χ1) is 13.9. The van der Waals surface area contributed by atoms with Crippen molar-refractivity contribution in [1.29, 1.82) is 0 Å². The molecular formula is C23H28N4O2. The van der Waals surface area contributed by atoms with Gasteiger partial charge in [-0.1, -0.05) is 43.7 Å². The van der Waals surface area contributed by atoms with Crippen molar-refractivity contribution in [2.75, 3.05) is 13.7 Å². The first-order valence-corrected chi connectivity index (χ1v) is 9.81. The Bertz CT molecular complexity index is 977. The van der Waals surface area contributed by atoms with Crippen LogP contribution in [0.15, 0.2) is 48.8 Å². The van der Waals surface area contributed by atoms with E-state index in [9.17, 15) is 4.79 Å². The molecule has 0 spiro atoms. The quantitative estimate of drug-likeness (QED) is 0.656. The fourth-order valence-corrected chi connectivity index (χ4v) is 3.22. The maximum Gasteiger partial charge on any atom is 0.251 e. The highest BCUT2D eigenvalue weighted by Crippen LogP contribution is 2.26. The van der Waals surface area contributed by atoms with Crippen molar-refractivity contribution in [3.05, 3.63) is 65.7 Å². The molecule has 0 bridgehead atoms. The smallest absolute Gasteiger partial charge is 0.251 e. The van der Waals surface area contributed by atoms with Gasteiger partial charge >= 0.3 is 0 Å². The van der Waals surface area contributed by atoms with E-state index in [4.69, 9.17) is 4.74 Å². The molecule has 1 amide bonds. The minimum absolute atomic E-state index is 0.0865. The monoisotopic (exact) mass is 392 g/mol. The molecule has 3 aromatic rings. The highest BCUT2D eigenvalue weighted by molar-refractivity contribution is 5.96. The van der Waals surface area contributed by atoms with Gasteiger partial charge < -0.3 is 10.1 Å². The van der Waals surface area contributed by atoms with Gasteiger partial charge in [-0.15, -0.1) is 0 Å². The molecule has 1 atom stereocenters. The van der Waals surface area contributed by atoms with Gasteiger partial charge in [-0.2, -0.15) is 5.10 Å². The Morgan fingerprint density at radius 1 is 1.10 bits per heavy atom. The first kappa shape index (κ1) is 20.7. The molecule has 6 nitrogen and oxygen atoms in total. The Labute approximate surface area is 171 Å². The van der Waals surface area contributed by atoms with Crippen molar-refractivity contribution in [3.8, 4) is 16.8 Å². The molecule has 29 heavy (non-hydrogen) atoms. The van der Waals surface area contributed by atoms with Gasteiger partial charge in [0.25, 0.3) is 5.91 Å².